The minimum absolute atomic E-state index is 0.0134. The van der Waals surface area contributed by atoms with Crippen LogP contribution in [0.1, 0.15) is 32.1 Å². The van der Waals surface area contributed by atoms with Crippen LogP contribution in [0.25, 0.3) is 0 Å². The van der Waals surface area contributed by atoms with Gasteiger partial charge in [0.15, 0.2) is 12.4 Å². The molecule has 0 unspecified atom stereocenters. The second-order valence-electron chi connectivity index (χ2n) is 7.51. The van der Waals surface area contributed by atoms with Gasteiger partial charge in [0.05, 0.1) is 0 Å². The summed E-state index contributed by atoms with van der Waals surface area (Å²) in [7, 11) is 0. The predicted molar refractivity (Wildman–Crippen MR) is 107 cm³/mol. The molecule has 0 aromatic heterocycles. The Morgan fingerprint density at radius 3 is 1.83 bits per heavy atom. The van der Waals surface area contributed by atoms with Gasteiger partial charge in [-0.2, -0.15) is 0 Å². The number of ether oxygens (including phenoxy) is 2. The van der Waals surface area contributed by atoms with Crippen LogP contribution in [-0.4, -0.2) is 30.9 Å². The summed E-state index contributed by atoms with van der Waals surface area (Å²) in [6.07, 6.45) is 3.76. The lowest BCUT2D eigenvalue weighted by Gasteiger charge is -2.28. The zero-order valence-corrected chi connectivity index (χ0v) is 16.6. The summed E-state index contributed by atoms with van der Waals surface area (Å²) in [5.74, 6) is 0.281. The summed E-state index contributed by atoms with van der Waals surface area (Å²) in [4.78, 5) is 24.2. The van der Waals surface area contributed by atoms with Crippen molar-refractivity contribution >= 4 is 11.7 Å². The Balaban J connectivity index is 1.31. The molecule has 1 saturated carbocycles. The van der Waals surface area contributed by atoms with Gasteiger partial charge in [0.2, 0.25) is 0 Å². The Kier molecular flexibility index (Phi) is 7.76. The number of halogens is 2. The third kappa shape index (κ3) is 7.13. The lowest BCUT2D eigenvalue weighted by molar-refractivity contribution is -0.125. The zero-order chi connectivity index (χ0) is 21.3. The van der Waals surface area contributed by atoms with Crippen molar-refractivity contribution in [2.75, 3.05) is 13.2 Å². The molecule has 3 rings (SSSR count). The van der Waals surface area contributed by atoms with Gasteiger partial charge in [0, 0.05) is 12.5 Å². The van der Waals surface area contributed by atoms with Crippen molar-refractivity contribution in [2.45, 2.75) is 38.1 Å². The SMILES string of the molecule is O=C(COc1ccc(F)cc1)CC1CCC(NC(=O)COc2ccc(F)cc2)CC1. The van der Waals surface area contributed by atoms with E-state index in [0.29, 0.717) is 17.9 Å². The molecule has 0 saturated heterocycles. The molecule has 0 radical (unpaired) electrons. The van der Waals surface area contributed by atoms with Crippen molar-refractivity contribution in [3.63, 3.8) is 0 Å². The number of carbonyl (C=O) groups excluding carboxylic acids is 2. The number of nitrogens with one attached hydrogen (secondary N) is 1. The molecule has 160 valence electrons. The molecule has 1 aliphatic carbocycles. The van der Waals surface area contributed by atoms with Gasteiger partial charge in [-0.25, -0.2) is 8.78 Å². The highest BCUT2D eigenvalue weighted by Gasteiger charge is 2.24. The first-order valence-electron chi connectivity index (χ1n) is 10.1. The molecule has 5 nitrogen and oxygen atoms in total. The van der Waals surface area contributed by atoms with Crippen molar-refractivity contribution in [3.8, 4) is 11.5 Å². The van der Waals surface area contributed by atoms with E-state index in [9.17, 15) is 18.4 Å². The van der Waals surface area contributed by atoms with E-state index in [0.717, 1.165) is 25.7 Å². The van der Waals surface area contributed by atoms with Crippen LogP contribution in [0, 0.1) is 17.6 Å². The van der Waals surface area contributed by atoms with Crippen LogP contribution in [0.3, 0.4) is 0 Å². The van der Waals surface area contributed by atoms with Gasteiger partial charge >= 0.3 is 0 Å². The highest BCUT2D eigenvalue weighted by atomic mass is 19.1. The topological polar surface area (TPSA) is 64.6 Å². The van der Waals surface area contributed by atoms with Crippen LogP contribution in [0.5, 0.6) is 11.5 Å². The maximum atomic E-state index is 12.9. The van der Waals surface area contributed by atoms with Crippen LogP contribution in [0.4, 0.5) is 8.78 Å². The molecule has 1 fully saturated rings. The van der Waals surface area contributed by atoms with Crippen LogP contribution in [0.15, 0.2) is 48.5 Å². The zero-order valence-electron chi connectivity index (χ0n) is 16.6. The van der Waals surface area contributed by atoms with Crippen LogP contribution in [0.2, 0.25) is 0 Å². The summed E-state index contributed by atoms with van der Waals surface area (Å²) in [5.41, 5.74) is 0. The second-order valence-corrected chi connectivity index (χ2v) is 7.51. The van der Waals surface area contributed by atoms with Crippen molar-refractivity contribution < 1.29 is 27.8 Å². The third-order valence-corrected chi connectivity index (χ3v) is 5.13. The first kappa shape index (κ1) is 21.7. The first-order chi connectivity index (χ1) is 14.5. The Bertz CT molecular complexity index is 760. The van der Waals surface area contributed by atoms with Crippen molar-refractivity contribution in [2.24, 2.45) is 5.92 Å². The summed E-state index contributed by atoms with van der Waals surface area (Å²) in [5, 5.41) is 2.95. The Hall–Kier alpha value is -2.96. The average Bonchev–Trinajstić information content (AvgIpc) is 2.74. The molecule has 1 N–H and O–H groups in total. The lowest BCUT2D eigenvalue weighted by atomic mass is 9.83. The maximum absolute atomic E-state index is 12.9. The monoisotopic (exact) mass is 417 g/mol. The van der Waals surface area contributed by atoms with Crippen molar-refractivity contribution in [1.82, 2.24) is 5.32 Å². The van der Waals surface area contributed by atoms with Gasteiger partial charge < -0.3 is 14.8 Å². The maximum Gasteiger partial charge on any atom is 0.258 e. The predicted octanol–water partition coefficient (Wildman–Crippen LogP) is 4.06. The molecule has 1 aliphatic rings. The largest absolute Gasteiger partial charge is 0.486 e. The van der Waals surface area contributed by atoms with E-state index in [2.05, 4.69) is 5.32 Å². The smallest absolute Gasteiger partial charge is 0.258 e. The number of amides is 1. The standard InChI is InChI=1S/C23H25F2NO4/c24-17-3-9-21(10-4-17)29-14-20(27)13-16-1-7-19(8-2-16)26-23(28)15-30-22-11-5-18(25)6-12-22/h3-6,9-12,16,19H,1-2,7-8,13-15H2,(H,26,28). The van der Waals surface area contributed by atoms with Gasteiger partial charge in [0.25, 0.3) is 5.91 Å². The fourth-order valence-electron chi connectivity index (χ4n) is 3.54. The fraction of sp³-hybridized carbons (Fsp3) is 0.391. The van der Waals surface area contributed by atoms with Gasteiger partial charge in [-0.1, -0.05) is 0 Å². The van der Waals surface area contributed by atoms with E-state index in [4.69, 9.17) is 9.47 Å². The van der Waals surface area contributed by atoms with Crippen molar-refractivity contribution in [3.05, 3.63) is 60.2 Å². The number of benzene rings is 2. The lowest BCUT2D eigenvalue weighted by Crippen LogP contribution is -2.40. The summed E-state index contributed by atoms with van der Waals surface area (Å²) >= 11 is 0. The molecule has 0 spiro atoms. The average molecular weight is 417 g/mol. The minimum Gasteiger partial charge on any atom is -0.486 e. The normalized spacial score (nSPS) is 18.5. The highest BCUT2D eigenvalue weighted by Crippen LogP contribution is 2.27. The molecule has 7 heteroatoms. The summed E-state index contributed by atoms with van der Waals surface area (Å²) in [6, 6.07) is 11.2. The number of Topliss-reactive ketones (excluding diaryl/α,β-unsaturated/α-hetero) is 1. The van der Waals surface area contributed by atoms with Crippen LogP contribution >= 0.6 is 0 Å². The highest BCUT2D eigenvalue weighted by molar-refractivity contribution is 5.80. The Labute approximate surface area is 174 Å². The van der Waals surface area contributed by atoms with E-state index in [1.54, 1.807) is 0 Å². The fourth-order valence-corrected chi connectivity index (χ4v) is 3.54. The molecule has 2 aromatic rings. The van der Waals surface area contributed by atoms with E-state index < -0.39 is 0 Å². The van der Waals surface area contributed by atoms with E-state index in [-0.39, 0.29) is 48.5 Å². The van der Waals surface area contributed by atoms with E-state index in [1.165, 1.54) is 48.5 Å². The quantitative estimate of drug-likeness (QED) is 0.668. The molecule has 1 amide bonds. The number of ketones is 1. The Morgan fingerprint density at radius 2 is 1.30 bits per heavy atom. The molecule has 0 bridgehead atoms. The van der Waals surface area contributed by atoms with Crippen LogP contribution in [-0.2, 0) is 9.59 Å². The van der Waals surface area contributed by atoms with E-state index >= 15 is 0 Å². The second kappa shape index (κ2) is 10.7. The summed E-state index contributed by atoms with van der Waals surface area (Å²) in [6.45, 7) is -0.145. The van der Waals surface area contributed by atoms with Gasteiger partial charge in [-0.05, 0) is 80.1 Å². The molecular weight excluding hydrogens is 392 g/mol. The molecule has 30 heavy (non-hydrogen) atoms. The third-order valence-electron chi connectivity index (χ3n) is 5.13. The Morgan fingerprint density at radius 1 is 0.800 bits per heavy atom. The first-order valence-corrected chi connectivity index (χ1v) is 10.1. The summed E-state index contributed by atoms with van der Waals surface area (Å²) < 4.78 is 36.5. The molecule has 0 atom stereocenters. The van der Waals surface area contributed by atoms with Gasteiger partial charge in [-0.3, -0.25) is 9.59 Å². The number of hydrogen-bond acceptors (Lipinski definition) is 4. The molecule has 2 aromatic carbocycles. The number of carbonyl (C=O) groups is 2. The van der Waals surface area contributed by atoms with Gasteiger partial charge in [-0.15, -0.1) is 0 Å². The number of hydrogen-bond donors (Lipinski definition) is 1. The van der Waals surface area contributed by atoms with Crippen molar-refractivity contribution in [1.29, 1.82) is 0 Å². The minimum atomic E-state index is -0.357. The molecule has 0 aliphatic heterocycles. The van der Waals surface area contributed by atoms with Gasteiger partial charge in [0.1, 0.15) is 29.7 Å². The molecule has 0 heterocycles. The van der Waals surface area contributed by atoms with Crippen LogP contribution < -0.4 is 14.8 Å². The number of rotatable bonds is 9. The van der Waals surface area contributed by atoms with E-state index in [1.807, 2.05) is 0 Å². The molecular formula is C23H25F2NO4.